The van der Waals surface area contributed by atoms with E-state index in [1.54, 1.807) is 4.31 Å². The fourth-order valence-electron chi connectivity index (χ4n) is 5.15. The molecule has 9 heteroatoms. The van der Waals surface area contributed by atoms with Crippen molar-refractivity contribution in [2.75, 3.05) is 43.9 Å². The SMILES string of the molecule is CCc1cnc(N2CC3C(COc4ccc(C5CCN(S(C)(=O)=O)CC5)nc4)C3C2)nc1. The third-order valence-electron chi connectivity index (χ3n) is 7.30. The molecule has 0 bridgehead atoms. The lowest BCUT2D eigenvalue weighted by atomic mass is 9.94. The lowest BCUT2D eigenvalue weighted by Crippen LogP contribution is -2.37. The monoisotopic (exact) mass is 457 g/mol. The smallest absolute Gasteiger partial charge is 0.225 e. The van der Waals surface area contributed by atoms with Crippen LogP contribution in [0.1, 0.15) is 36.9 Å². The fraction of sp³-hybridized carbons (Fsp3) is 0.609. The van der Waals surface area contributed by atoms with Gasteiger partial charge in [-0.05, 0) is 48.8 Å². The van der Waals surface area contributed by atoms with Gasteiger partial charge in [-0.25, -0.2) is 22.7 Å². The van der Waals surface area contributed by atoms with Crippen LogP contribution in [0, 0.1) is 17.8 Å². The van der Waals surface area contributed by atoms with Crippen molar-refractivity contribution in [2.24, 2.45) is 17.8 Å². The van der Waals surface area contributed by atoms with E-state index in [2.05, 4.69) is 26.8 Å². The van der Waals surface area contributed by atoms with Crippen LogP contribution in [-0.2, 0) is 16.4 Å². The highest BCUT2D eigenvalue weighted by Crippen LogP contribution is 2.52. The van der Waals surface area contributed by atoms with Crippen LogP contribution < -0.4 is 9.64 Å². The lowest BCUT2D eigenvalue weighted by Gasteiger charge is -2.29. The second-order valence-corrected chi connectivity index (χ2v) is 11.3. The van der Waals surface area contributed by atoms with Gasteiger partial charge in [-0.3, -0.25) is 4.98 Å². The highest BCUT2D eigenvalue weighted by Gasteiger charge is 2.56. The highest BCUT2D eigenvalue weighted by molar-refractivity contribution is 7.88. The molecule has 2 atom stereocenters. The zero-order chi connectivity index (χ0) is 22.3. The molecule has 1 aliphatic carbocycles. The predicted octanol–water partition coefficient (Wildman–Crippen LogP) is 2.33. The minimum absolute atomic E-state index is 0.310. The molecule has 2 unspecified atom stereocenters. The van der Waals surface area contributed by atoms with E-state index in [-0.39, 0.29) is 0 Å². The van der Waals surface area contributed by atoms with E-state index in [1.807, 2.05) is 30.7 Å². The Morgan fingerprint density at radius 3 is 2.28 bits per heavy atom. The van der Waals surface area contributed by atoms with E-state index in [4.69, 9.17) is 4.74 Å². The molecule has 172 valence electrons. The molecule has 0 aromatic carbocycles. The van der Waals surface area contributed by atoms with Crippen molar-refractivity contribution in [3.63, 3.8) is 0 Å². The first-order valence-electron chi connectivity index (χ1n) is 11.5. The van der Waals surface area contributed by atoms with Crippen molar-refractivity contribution in [1.29, 1.82) is 0 Å². The van der Waals surface area contributed by atoms with Crippen molar-refractivity contribution < 1.29 is 13.2 Å². The number of ether oxygens (including phenoxy) is 1. The summed E-state index contributed by atoms with van der Waals surface area (Å²) >= 11 is 0. The maximum absolute atomic E-state index is 11.7. The van der Waals surface area contributed by atoms with Gasteiger partial charge in [0.15, 0.2) is 0 Å². The first kappa shape index (κ1) is 21.6. The van der Waals surface area contributed by atoms with Gasteiger partial charge in [-0.1, -0.05) is 6.92 Å². The third kappa shape index (κ3) is 4.45. The minimum Gasteiger partial charge on any atom is -0.492 e. The number of piperidine rings is 2. The summed E-state index contributed by atoms with van der Waals surface area (Å²) in [5.74, 6) is 3.89. The zero-order valence-electron chi connectivity index (χ0n) is 18.7. The lowest BCUT2D eigenvalue weighted by molar-refractivity contribution is 0.281. The summed E-state index contributed by atoms with van der Waals surface area (Å²) in [4.78, 5) is 15.9. The number of aromatic nitrogens is 3. The summed E-state index contributed by atoms with van der Waals surface area (Å²) in [5.41, 5.74) is 2.20. The number of anilines is 1. The third-order valence-corrected chi connectivity index (χ3v) is 8.60. The molecule has 2 aliphatic heterocycles. The highest BCUT2D eigenvalue weighted by atomic mass is 32.2. The summed E-state index contributed by atoms with van der Waals surface area (Å²) in [5, 5.41) is 0. The average Bonchev–Trinajstić information content (AvgIpc) is 3.26. The van der Waals surface area contributed by atoms with Crippen molar-refractivity contribution >= 4 is 16.0 Å². The second-order valence-electron chi connectivity index (χ2n) is 9.31. The van der Waals surface area contributed by atoms with Crippen LogP contribution in [-0.4, -0.2) is 66.7 Å². The molecular formula is C23H31N5O3S. The van der Waals surface area contributed by atoms with Crippen molar-refractivity contribution in [3.8, 4) is 5.75 Å². The maximum Gasteiger partial charge on any atom is 0.225 e. The molecule has 32 heavy (non-hydrogen) atoms. The molecule has 0 spiro atoms. The van der Waals surface area contributed by atoms with Gasteiger partial charge in [-0.15, -0.1) is 0 Å². The molecule has 0 radical (unpaired) electrons. The Hall–Kier alpha value is -2.26. The van der Waals surface area contributed by atoms with Crippen LogP contribution in [0.5, 0.6) is 5.75 Å². The summed E-state index contributed by atoms with van der Waals surface area (Å²) in [6.07, 6.45) is 9.53. The molecule has 5 rings (SSSR count). The molecule has 3 aliphatic rings. The van der Waals surface area contributed by atoms with E-state index in [1.165, 1.54) is 11.8 Å². The Balaban J connectivity index is 1.07. The Morgan fingerprint density at radius 1 is 1.03 bits per heavy atom. The van der Waals surface area contributed by atoms with Gasteiger partial charge in [0, 0.05) is 56.1 Å². The number of hydrogen-bond acceptors (Lipinski definition) is 7. The summed E-state index contributed by atoms with van der Waals surface area (Å²) < 4.78 is 31.0. The maximum atomic E-state index is 11.7. The van der Waals surface area contributed by atoms with Crippen molar-refractivity contribution in [2.45, 2.75) is 32.1 Å². The zero-order valence-corrected chi connectivity index (χ0v) is 19.5. The Labute approximate surface area is 190 Å². The number of hydrogen-bond donors (Lipinski definition) is 0. The molecular weight excluding hydrogens is 426 g/mol. The van der Waals surface area contributed by atoms with Gasteiger partial charge in [0.1, 0.15) is 5.75 Å². The topological polar surface area (TPSA) is 88.5 Å². The fourth-order valence-corrected chi connectivity index (χ4v) is 6.02. The van der Waals surface area contributed by atoms with E-state index in [0.29, 0.717) is 36.8 Å². The molecule has 8 nitrogen and oxygen atoms in total. The van der Waals surface area contributed by atoms with E-state index < -0.39 is 10.0 Å². The summed E-state index contributed by atoms with van der Waals surface area (Å²) in [6.45, 7) is 5.99. The molecule has 4 heterocycles. The van der Waals surface area contributed by atoms with Crippen LogP contribution in [0.4, 0.5) is 5.95 Å². The summed E-state index contributed by atoms with van der Waals surface area (Å²) in [6, 6.07) is 4.03. The largest absolute Gasteiger partial charge is 0.492 e. The van der Waals surface area contributed by atoms with Crippen LogP contribution in [0.25, 0.3) is 0 Å². The molecule has 2 aromatic heterocycles. The van der Waals surface area contributed by atoms with E-state index in [0.717, 1.165) is 56.4 Å². The van der Waals surface area contributed by atoms with Gasteiger partial charge in [0.25, 0.3) is 0 Å². The summed E-state index contributed by atoms with van der Waals surface area (Å²) in [7, 11) is -3.09. The standard InChI is InChI=1S/C23H31N5O3S/c1-3-16-10-25-23(26-11-16)27-13-19-20(14-27)21(19)15-31-18-4-5-22(24-12-18)17-6-8-28(9-7-17)32(2,29)30/h4-5,10-12,17,19-21H,3,6-9,13-15H2,1-2H3. The number of pyridine rings is 1. The van der Waals surface area contributed by atoms with Gasteiger partial charge in [0.05, 0.1) is 19.1 Å². The number of nitrogens with zero attached hydrogens (tertiary/aromatic N) is 5. The number of aryl methyl sites for hydroxylation is 1. The first-order valence-corrected chi connectivity index (χ1v) is 13.4. The van der Waals surface area contributed by atoms with E-state index in [9.17, 15) is 8.42 Å². The van der Waals surface area contributed by atoms with Crippen LogP contribution in [0.3, 0.4) is 0 Å². The van der Waals surface area contributed by atoms with Crippen molar-refractivity contribution in [3.05, 3.63) is 42.0 Å². The molecule has 3 fully saturated rings. The molecule has 2 saturated heterocycles. The van der Waals surface area contributed by atoms with Gasteiger partial charge >= 0.3 is 0 Å². The molecule has 1 saturated carbocycles. The Bertz CT molecular complexity index is 1020. The van der Waals surface area contributed by atoms with Gasteiger partial charge in [-0.2, -0.15) is 0 Å². The minimum atomic E-state index is -3.09. The normalized spacial score (nSPS) is 26.2. The van der Waals surface area contributed by atoms with Crippen molar-refractivity contribution in [1.82, 2.24) is 19.3 Å². The quantitative estimate of drug-likeness (QED) is 0.630. The van der Waals surface area contributed by atoms with Crippen LogP contribution in [0.15, 0.2) is 30.7 Å². The Kier molecular flexibility index (Phi) is 5.79. The molecule has 0 N–H and O–H groups in total. The number of rotatable bonds is 7. The predicted molar refractivity (Wildman–Crippen MR) is 122 cm³/mol. The van der Waals surface area contributed by atoms with Gasteiger partial charge < -0.3 is 9.64 Å². The average molecular weight is 458 g/mol. The first-order chi connectivity index (χ1) is 15.4. The number of fused-ring (bicyclic) bond motifs is 1. The van der Waals surface area contributed by atoms with Gasteiger partial charge in [0.2, 0.25) is 16.0 Å². The molecule has 2 aromatic rings. The van der Waals surface area contributed by atoms with Crippen LogP contribution >= 0.6 is 0 Å². The number of sulfonamides is 1. The Morgan fingerprint density at radius 2 is 1.72 bits per heavy atom. The van der Waals surface area contributed by atoms with E-state index >= 15 is 0 Å². The van der Waals surface area contributed by atoms with Crippen LogP contribution in [0.2, 0.25) is 0 Å². The molecule has 0 amide bonds. The second kappa shape index (κ2) is 8.59.